The zero-order valence-electron chi connectivity index (χ0n) is 11.9. The SMILES string of the molecule is Cc1cc(OCC(C)C)cc2c1C=CC(C)(C)O2. The van der Waals surface area contributed by atoms with E-state index in [0.29, 0.717) is 5.92 Å². The van der Waals surface area contributed by atoms with E-state index in [1.165, 1.54) is 5.56 Å². The summed E-state index contributed by atoms with van der Waals surface area (Å²) in [5.74, 6) is 2.34. The topological polar surface area (TPSA) is 18.5 Å². The zero-order valence-corrected chi connectivity index (χ0v) is 11.9. The molecule has 0 radical (unpaired) electrons. The Morgan fingerprint density at radius 2 is 2.00 bits per heavy atom. The molecule has 0 N–H and O–H groups in total. The molecule has 18 heavy (non-hydrogen) atoms. The lowest BCUT2D eigenvalue weighted by Gasteiger charge is -2.29. The minimum absolute atomic E-state index is 0.240. The molecule has 0 aliphatic carbocycles. The maximum Gasteiger partial charge on any atom is 0.131 e. The summed E-state index contributed by atoms with van der Waals surface area (Å²) in [7, 11) is 0. The van der Waals surface area contributed by atoms with Crippen molar-refractivity contribution in [1.29, 1.82) is 0 Å². The molecule has 1 aliphatic heterocycles. The van der Waals surface area contributed by atoms with Crippen molar-refractivity contribution >= 4 is 6.08 Å². The standard InChI is InChI=1S/C16H22O2/c1-11(2)10-17-13-8-12(3)14-6-7-16(4,5)18-15(14)9-13/h6-9,11H,10H2,1-5H3. The van der Waals surface area contributed by atoms with Gasteiger partial charge in [-0.15, -0.1) is 0 Å². The van der Waals surface area contributed by atoms with Gasteiger partial charge >= 0.3 is 0 Å². The van der Waals surface area contributed by atoms with E-state index < -0.39 is 0 Å². The molecule has 0 saturated heterocycles. The Morgan fingerprint density at radius 3 is 2.67 bits per heavy atom. The van der Waals surface area contributed by atoms with E-state index in [4.69, 9.17) is 9.47 Å². The molecule has 0 saturated carbocycles. The molecule has 98 valence electrons. The predicted molar refractivity (Wildman–Crippen MR) is 75.3 cm³/mol. The van der Waals surface area contributed by atoms with Crippen molar-refractivity contribution in [3.63, 3.8) is 0 Å². The third kappa shape index (κ3) is 2.87. The largest absolute Gasteiger partial charge is 0.493 e. The van der Waals surface area contributed by atoms with Crippen molar-refractivity contribution < 1.29 is 9.47 Å². The van der Waals surface area contributed by atoms with Crippen LogP contribution in [0.1, 0.15) is 38.8 Å². The van der Waals surface area contributed by atoms with Crippen molar-refractivity contribution in [2.75, 3.05) is 6.61 Å². The first-order valence-electron chi connectivity index (χ1n) is 6.53. The lowest BCUT2D eigenvalue weighted by Crippen LogP contribution is -2.27. The zero-order chi connectivity index (χ0) is 13.3. The van der Waals surface area contributed by atoms with Crippen LogP contribution in [0, 0.1) is 12.8 Å². The highest BCUT2D eigenvalue weighted by Crippen LogP contribution is 2.36. The number of hydrogen-bond donors (Lipinski definition) is 0. The van der Waals surface area contributed by atoms with Crippen molar-refractivity contribution in [2.24, 2.45) is 5.92 Å². The fourth-order valence-corrected chi connectivity index (χ4v) is 1.98. The van der Waals surface area contributed by atoms with E-state index in [1.54, 1.807) is 0 Å². The summed E-state index contributed by atoms with van der Waals surface area (Å²) in [5, 5.41) is 0. The monoisotopic (exact) mass is 246 g/mol. The Bertz CT molecular complexity index is 470. The molecule has 1 aliphatic rings. The summed E-state index contributed by atoms with van der Waals surface area (Å²) in [6, 6.07) is 4.07. The summed E-state index contributed by atoms with van der Waals surface area (Å²) >= 11 is 0. The van der Waals surface area contributed by atoms with E-state index in [9.17, 15) is 0 Å². The first-order chi connectivity index (χ1) is 8.37. The van der Waals surface area contributed by atoms with Crippen LogP contribution in [0.15, 0.2) is 18.2 Å². The molecule has 0 atom stereocenters. The van der Waals surface area contributed by atoms with Crippen LogP contribution < -0.4 is 9.47 Å². The van der Waals surface area contributed by atoms with Gasteiger partial charge in [0, 0.05) is 11.6 Å². The number of aryl methyl sites for hydroxylation is 1. The Morgan fingerprint density at radius 1 is 1.28 bits per heavy atom. The number of ether oxygens (including phenoxy) is 2. The highest BCUT2D eigenvalue weighted by molar-refractivity contribution is 5.65. The highest BCUT2D eigenvalue weighted by Gasteiger charge is 2.23. The lowest BCUT2D eigenvalue weighted by molar-refractivity contribution is 0.157. The Kier molecular flexibility index (Phi) is 3.38. The van der Waals surface area contributed by atoms with Gasteiger partial charge in [-0.3, -0.25) is 0 Å². The average Bonchev–Trinajstić information content (AvgIpc) is 2.24. The van der Waals surface area contributed by atoms with Crippen LogP contribution in [0.4, 0.5) is 0 Å². The van der Waals surface area contributed by atoms with Crippen LogP contribution in [0.5, 0.6) is 11.5 Å². The maximum atomic E-state index is 5.98. The van der Waals surface area contributed by atoms with Crippen LogP contribution in [-0.4, -0.2) is 12.2 Å². The smallest absolute Gasteiger partial charge is 0.131 e. The van der Waals surface area contributed by atoms with E-state index in [1.807, 2.05) is 6.07 Å². The van der Waals surface area contributed by atoms with Gasteiger partial charge in [-0.2, -0.15) is 0 Å². The summed E-state index contributed by atoms with van der Waals surface area (Å²) in [6.07, 6.45) is 4.23. The molecule has 1 heterocycles. The molecule has 1 aromatic carbocycles. The molecular weight excluding hydrogens is 224 g/mol. The quantitative estimate of drug-likeness (QED) is 0.795. The molecule has 0 amide bonds. The van der Waals surface area contributed by atoms with Crippen LogP contribution >= 0.6 is 0 Å². The highest BCUT2D eigenvalue weighted by atomic mass is 16.5. The third-order valence-corrected chi connectivity index (χ3v) is 2.93. The Hall–Kier alpha value is -1.44. The lowest BCUT2D eigenvalue weighted by atomic mass is 9.99. The summed E-state index contributed by atoms with van der Waals surface area (Å²) in [5.41, 5.74) is 2.11. The van der Waals surface area contributed by atoms with Crippen LogP contribution in [0.3, 0.4) is 0 Å². The van der Waals surface area contributed by atoms with Gasteiger partial charge in [0.05, 0.1) is 6.61 Å². The van der Waals surface area contributed by atoms with Crippen molar-refractivity contribution in [2.45, 2.75) is 40.2 Å². The molecule has 0 bridgehead atoms. The van der Waals surface area contributed by atoms with Gasteiger partial charge in [0.1, 0.15) is 17.1 Å². The molecule has 2 nitrogen and oxygen atoms in total. The normalized spacial score (nSPS) is 16.3. The molecule has 0 aromatic heterocycles. The fourth-order valence-electron chi connectivity index (χ4n) is 1.98. The van der Waals surface area contributed by atoms with Gasteiger partial charge in [-0.1, -0.05) is 19.9 Å². The van der Waals surface area contributed by atoms with Crippen LogP contribution in [-0.2, 0) is 0 Å². The minimum atomic E-state index is -0.240. The van der Waals surface area contributed by atoms with Gasteiger partial charge in [-0.05, 0) is 44.4 Å². The summed E-state index contributed by atoms with van der Waals surface area (Å²) < 4.78 is 11.8. The number of hydrogen-bond acceptors (Lipinski definition) is 2. The van der Waals surface area contributed by atoms with E-state index in [2.05, 4.69) is 52.8 Å². The van der Waals surface area contributed by atoms with Crippen molar-refractivity contribution in [3.05, 3.63) is 29.3 Å². The van der Waals surface area contributed by atoms with Crippen molar-refractivity contribution in [3.8, 4) is 11.5 Å². The molecule has 0 unspecified atom stereocenters. The van der Waals surface area contributed by atoms with Gasteiger partial charge in [0.2, 0.25) is 0 Å². The number of rotatable bonds is 3. The van der Waals surface area contributed by atoms with Gasteiger partial charge in [-0.25, -0.2) is 0 Å². The predicted octanol–water partition coefficient (Wildman–Crippen LogP) is 4.21. The minimum Gasteiger partial charge on any atom is -0.493 e. The maximum absolute atomic E-state index is 5.98. The van der Waals surface area contributed by atoms with Crippen LogP contribution in [0.25, 0.3) is 6.08 Å². The van der Waals surface area contributed by atoms with E-state index in [-0.39, 0.29) is 5.60 Å². The molecule has 0 spiro atoms. The number of fused-ring (bicyclic) bond motifs is 1. The molecular formula is C16H22O2. The second kappa shape index (κ2) is 4.68. The molecule has 1 aromatic rings. The van der Waals surface area contributed by atoms with Gasteiger partial charge in [0.25, 0.3) is 0 Å². The second-order valence-corrected chi connectivity index (χ2v) is 5.90. The van der Waals surface area contributed by atoms with E-state index in [0.717, 1.165) is 23.7 Å². The summed E-state index contributed by atoms with van der Waals surface area (Å²) in [6.45, 7) is 11.2. The molecule has 2 heteroatoms. The van der Waals surface area contributed by atoms with Gasteiger partial charge in [0.15, 0.2) is 0 Å². The molecule has 2 rings (SSSR count). The Balaban J connectivity index is 2.28. The average molecular weight is 246 g/mol. The van der Waals surface area contributed by atoms with E-state index >= 15 is 0 Å². The molecule has 0 fully saturated rings. The summed E-state index contributed by atoms with van der Waals surface area (Å²) in [4.78, 5) is 0. The fraction of sp³-hybridized carbons (Fsp3) is 0.500. The van der Waals surface area contributed by atoms with Crippen LogP contribution in [0.2, 0.25) is 0 Å². The number of benzene rings is 1. The Labute approximate surface area is 110 Å². The third-order valence-electron chi connectivity index (χ3n) is 2.93. The van der Waals surface area contributed by atoms with Crippen molar-refractivity contribution in [1.82, 2.24) is 0 Å². The second-order valence-electron chi connectivity index (χ2n) is 5.90. The first kappa shape index (κ1) is 13.0. The van der Waals surface area contributed by atoms with Gasteiger partial charge < -0.3 is 9.47 Å². The first-order valence-corrected chi connectivity index (χ1v) is 6.53.